The van der Waals surface area contributed by atoms with Crippen molar-refractivity contribution in [1.29, 1.82) is 0 Å². The molecular weight excluding hydrogens is 403 g/mol. The number of halogens is 1. The molecular formula is C18H21FN4O5S. The Bertz CT molecular complexity index is 853. The van der Waals surface area contributed by atoms with Gasteiger partial charge in [-0.05, 0) is 32.4 Å². The first kappa shape index (κ1) is 22.5. The van der Waals surface area contributed by atoms with Crippen molar-refractivity contribution in [2.75, 3.05) is 13.7 Å². The predicted octanol–water partition coefficient (Wildman–Crippen LogP) is 2.96. The lowest BCUT2D eigenvalue weighted by Gasteiger charge is -2.31. The third-order valence-corrected chi connectivity index (χ3v) is 5.36. The monoisotopic (exact) mass is 424 g/mol. The zero-order chi connectivity index (χ0) is 21.8. The van der Waals surface area contributed by atoms with Crippen molar-refractivity contribution >= 4 is 29.6 Å². The minimum atomic E-state index is -1.25. The number of hydrogen-bond acceptors (Lipinski definition) is 7. The lowest BCUT2D eigenvalue weighted by molar-refractivity contribution is -0.161. The second-order valence-electron chi connectivity index (χ2n) is 7.12. The van der Waals surface area contributed by atoms with E-state index in [9.17, 15) is 18.8 Å². The molecule has 1 aliphatic heterocycles. The topological polar surface area (TPSA) is 122 Å². The van der Waals surface area contributed by atoms with Crippen LogP contribution in [0, 0.1) is 5.82 Å². The van der Waals surface area contributed by atoms with Crippen LogP contribution in [-0.2, 0) is 23.9 Å². The molecule has 1 aromatic carbocycles. The number of hydrogen-bond donors (Lipinski definition) is 0. The average Bonchev–Trinajstić information content (AvgIpc) is 3.05. The smallest absolute Gasteiger partial charge is 0.340 e. The highest BCUT2D eigenvalue weighted by Crippen LogP contribution is 2.46. The second kappa shape index (κ2) is 9.15. The maximum atomic E-state index is 14.6. The van der Waals surface area contributed by atoms with E-state index in [2.05, 4.69) is 10.0 Å². The molecule has 0 aromatic heterocycles. The van der Waals surface area contributed by atoms with E-state index in [1.165, 1.54) is 18.2 Å². The van der Waals surface area contributed by atoms with E-state index in [0.717, 1.165) is 23.8 Å². The second-order valence-corrected chi connectivity index (χ2v) is 8.35. The fraction of sp³-hybridized carbons (Fsp3) is 0.500. The Labute approximate surface area is 171 Å². The Balaban J connectivity index is 2.57. The standard InChI is InChI=1S/C18H21FN4O5S/c1-18(2,3)28-17(26)15-23(12(24)9-21-22-20)13(14(29-15)16(25)27-4)10-7-5-6-8-11(10)19/h5-8,13-15H,9H2,1-4H3/t13-,14-,15-/m0/s1. The summed E-state index contributed by atoms with van der Waals surface area (Å²) in [5.41, 5.74) is 7.73. The van der Waals surface area contributed by atoms with E-state index in [1.54, 1.807) is 26.8 Å². The van der Waals surface area contributed by atoms with Crippen LogP contribution < -0.4 is 0 Å². The molecule has 1 heterocycles. The van der Waals surface area contributed by atoms with E-state index < -0.39 is 52.5 Å². The summed E-state index contributed by atoms with van der Waals surface area (Å²) in [4.78, 5) is 41.6. The summed E-state index contributed by atoms with van der Waals surface area (Å²) >= 11 is 0.828. The molecule has 0 spiro atoms. The van der Waals surface area contributed by atoms with Crippen LogP contribution in [0.5, 0.6) is 0 Å². The van der Waals surface area contributed by atoms with E-state index in [-0.39, 0.29) is 5.56 Å². The number of rotatable bonds is 5. The van der Waals surface area contributed by atoms with Crippen LogP contribution in [-0.4, -0.2) is 52.6 Å². The first-order chi connectivity index (χ1) is 13.6. The van der Waals surface area contributed by atoms with Gasteiger partial charge in [0.25, 0.3) is 0 Å². The molecule has 0 N–H and O–H groups in total. The Kier molecular flexibility index (Phi) is 7.10. The lowest BCUT2D eigenvalue weighted by Crippen LogP contribution is -2.45. The molecule has 29 heavy (non-hydrogen) atoms. The van der Waals surface area contributed by atoms with Crippen LogP contribution in [0.3, 0.4) is 0 Å². The molecule has 2 rings (SSSR count). The van der Waals surface area contributed by atoms with Crippen LogP contribution in [0.25, 0.3) is 10.4 Å². The zero-order valence-electron chi connectivity index (χ0n) is 16.4. The van der Waals surface area contributed by atoms with Crippen LogP contribution in [0.2, 0.25) is 0 Å². The predicted molar refractivity (Wildman–Crippen MR) is 103 cm³/mol. The summed E-state index contributed by atoms with van der Waals surface area (Å²) in [6.45, 7) is 4.36. The molecule has 0 saturated carbocycles. The summed E-state index contributed by atoms with van der Waals surface area (Å²) < 4.78 is 24.8. The molecule has 0 aliphatic carbocycles. The highest BCUT2D eigenvalue weighted by atomic mass is 32.2. The van der Waals surface area contributed by atoms with Crippen molar-refractivity contribution in [3.05, 3.63) is 46.1 Å². The molecule has 1 aromatic rings. The summed E-state index contributed by atoms with van der Waals surface area (Å²) in [5, 5.41) is 0.918. The van der Waals surface area contributed by atoms with Gasteiger partial charge in [0.2, 0.25) is 5.91 Å². The fourth-order valence-corrected chi connectivity index (χ4v) is 4.33. The Morgan fingerprint density at radius 3 is 2.48 bits per heavy atom. The van der Waals surface area contributed by atoms with Crippen molar-refractivity contribution < 1.29 is 28.2 Å². The number of thioether (sulfide) groups is 1. The van der Waals surface area contributed by atoms with Gasteiger partial charge in [-0.3, -0.25) is 9.59 Å². The zero-order valence-corrected chi connectivity index (χ0v) is 17.2. The Hall–Kier alpha value is -2.78. The summed E-state index contributed by atoms with van der Waals surface area (Å²) in [7, 11) is 1.16. The van der Waals surface area contributed by atoms with Gasteiger partial charge in [0.05, 0.1) is 13.2 Å². The molecule has 1 saturated heterocycles. The summed E-state index contributed by atoms with van der Waals surface area (Å²) in [6, 6.07) is 4.47. The Morgan fingerprint density at radius 1 is 1.28 bits per heavy atom. The van der Waals surface area contributed by atoms with Crippen molar-refractivity contribution in [2.45, 2.75) is 43.0 Å². The van der Waals surface area contributed by atoms with Gasteiger partial charge in [-0.1, -0.05) is 23.3 Å². The van der Waals surface area contributed by atoms with Crippen LogP contribution >= 0.6 is 11.8 Å². The van der Waals surface area contributed by atoms with Gasteiger partial charge in [-0.15, -0.1) is 11.8 Å². The quantitative estimate of drug-likeness (QED) is 0.310. The largest absolute Gasteiger partial charge is 0.468 e. The van der Waals surface area contributed by atoms with Gasteiger partial charge in [-0.25, -0.2) is 9.18 Å². The van der Waals surface area contributed by atoms with Gasteiger partial charge in [0.1, 0.15) is 23.2 Å². The first-order valence-corrected chi connectivity index (χ1v) is 9.57. The van der Waals surface area contributed by atoms with Crippen molar-refractivity contribution in [3.63, 3.8) is 0 Å². The minimum Gasteiger partial charge on any atom is -0.468 e. The van der Waals surface area contributed by atoms with Crippen molar-refractivity contribution in [2.24, 2.45) is 5.11 Å². The molecule has 9 nitrogen and oxygen atoms in total. The van der Waals surface area contributed by atoms with Crippen molar-refractivity contribution in [3.8, 4) is 0 Å². The number of benzene rings is 1. The number of esters is 2. The molecule has 0 radical (unpaired) electrons. The maximum Gasteiger partial charge on any atom is 0.340 e. The molecule has 3 atom stereocenters. The van der Waals surface area contributed by atoms with E-state index in [1.807, 2.05) is 0 Å². The van der Waals surface area contributed by atoms with E-state index in [4.69, 9.17) is 15.0 Å². The highest BCUT2D eigenvalue weighted by Gasteiger charge is 2.53. The molecule has 156 valence electrons. The van der Waals surface area contributed by atoms with E-state index >= 15 is 0 Å². The maximum absolute atomic E-state index is 14.6. The summed E-state index contributed by atoms with van der Waals surface area (Å²) in [5.74, 6) is -2.90. The number of amides is 1. The van der Waals surface area contributed by atoms with Crippen LogP contribution in [0.4, 0.5) is 4.39 Å². The van der Waals surface area contributed by atoms with Gasteiger partial charge < -0.3 is 14.4 Å². The number of carbonyl (C=O) groups is 3. The summed E-state index contributed by atoms with van der Waals surface area (Å²) in [6.07, 6.45) is 0. The molecule has 1 amide bonds. The average molecular weight is 424 g/mol. The number of methoxy groups -OCH3 is 1. The van der Waals surface area contributed by atoms with Gasteiger partial charge in [0, 0.05) is 10.5 Å². The van der Waals surface area contributed by atoms with Gasteiger partial charge in [0.15, 0.2) is 5.37 Å². The van der Waals surface area contributed by atoms with Gasteiger partial charge in [-0.2, -0.15) is 0 Å². The lowest BCUT2D eigenvalue weighted by atomic mass is 10.0. The number of azide groups is 1. The SMILES string of the molecule is COC(=O)[C@H]1S[C@@H](C(=O)OC(C)(C)C)N(C(=O)CN=[N+]=[N-])[C@H]1c1ccccc1F. The molecule has 1 fully saturated rings. The molecule has 1 aliphatic rings. The van der Waals surface area contributed by atoms with Crippen LogP contribution in [0.15, 0.2) is 29.4 Å². The molecule has 11 heteroatoms. The fourth-order valence-electron chi connectivity index (χ4n) is 2.88. The normalized spacial score (nSPS) is 21.3. The number of nitrogens with zero attached hydrogens (tertiary/aromatic N) is 4. The van der Waals surface area contributed by atoms with E-state index in [0.29, 0.717) is 0 Å². The Morgan fingerprint density at radius 2 is 1.93 bits per heavy atom. The third-order valence-electron chi connectivity index (χ3n) is 3.94. The van der Waals surface area contributed by atoms with Gasteiger partial charge >= 0.3 is 11.9 Å². The van der Waals surface area contributed by atoms with Crippen molar-refractivity contribution in [1.82, 2.24) is 4.90 Å². The molecule has 0 bridgehead atoms. The number of ether oxygens (including phenoxy) is 2. The third kappa shape index (κ3) is 5.18. The molecule has 0 unspecified atom stereocenters. The first-order valence-electron chi connectivity index (χ1n) is 8.63. The number of carbonyl (C=O) groups excluding carboxylic acids is 3. The minimum absolute atomic E-state index is 0.0377. The van der Waals surface area contributed by atoms with Crippen LogP contribution in [0.1, 0.15) is 32.4 Å². The highest BCUT2D eigenvalue weighted by molar-refractivity contribution is 8.02.